The van der Waals surface area contributed by atoms with Crippen molar-refractivity contribution in [3.63, 3.8) is 0 Å². The molecule has 1 aliphatic heterocycles. The van der Waals surface area contributed by atoms with Gasteiger partial charge in [0.1, 0.15) is 11.6 Å². The fourth-order valence-electron chi connectivity index (χ4n) is 5.24. The number of fused-ring (bicyclic) bond motifs is 1. The van der Waals surface area contributed by atoms with E-state index in [2.05, 4.69) is 47.1 Å². The highest BCUT2D eigenvalue weighted by molar-refractivity contribution is 5.88. The van der Waals surface area contributed by atoms with E-state index in [1.165, 1.54) is 17.7 Å². The number of aromatic amines is 1. The molecule has 0 bridgehead atoms. The molecule has 5 rings (SSSR count). The second-order valence-electron chi connectivity index (χ2n) is 9.31. The molecule has 0 radical (unpaired) electrons. The number of aromatic nitrogens is 1. The van der Waals surface area contributed by atoms with Crippen LogP contribution in [0.15, 0.2) is 72.9 Å². The first kappa shape index (κ1) is 23.9. The minimum Gasteiger partial charge on any atom is -0.497 e. The van der Waals surface area contributed by atoms with Gasteiger partial charge in [-0.05, 0) is 59.5 Å². The largest absolute Gasteiger partial charge is 0.497 e. The fraction of sp³-hybridized carbons (Fsp3) is 0.300. The number of hydrogen-bond donors (Lipinski definition) is 1. The smallest absolute Gasteiger partial charge is 0.223 e. The van der Waals surface area contributed by atoms with E-state index in [4.69, 9.17) is 4.74 Å². The number of para-hydroxylation sites is 1. The Morgan fingerprint density at radius 3 is 2.39 bits per heavy atom. The first-order valence-corrected chi connectivity index (χ1v) is 12.6. The van der Waals surface area contributed by atoms with Gasteiger partial charge in [-0.25, -0.2) is 4.39 Å². The number of aryl methyl sites for hydroxylation is 1. The predicted molar refractivity (Wildman–Crippen MR) is 142 cm³/mol. The lowest BCUT2D eigenvalue weighted by molar-refractivity contribution is -0.131. The van der Waals surface area contributed by atoms with E-state index in [-0.39, 0.29) is 17.6 Å². The molecule has 0 spiro atoms. The van der Waals surface area contributed by atoms with E-state index >= 15 is 0 Å². The molecule has 1 saturated heterocycles. The van der Waals surface area contributed by atoms with Gasteiger partial charge in [0.25, 0.3) is 0 Å². The summed E-state index contributed by atoms with van der Waals surface area (Å²) in [5.74, 6) is 0.534. The highest BCUT2D eigenvalue weighted by atomic mass is 19.1. The molecule has 1 atom stereocenters. The maximum atomic E-state index is 13.7. The molecule has 1 unspecified atom stereocenters. The number of methoxy groups -OCH3 is 1. The van der Waals surface area contributed by atoms with E-state index < -0.39 is 0 Å². The van der Waals surface area contributed by atoms with Crippen LogP contribution in [0.5, 0.6) is 5.75 Å². The van der Waals surface area contributed by atoms with Gasteiger partial charge in [-0.15, -0.1) is 0 Å². The number of nitrogens with one attached hydrogen (secondary N) is 1. The molecule has 5 nitrogen and oxygen atoms in total. The third kappa shape index (κ3) is 4.81. The van der Waals surface area contributed by atoms with Crippen molar-refractivity contribution in [1.29, 1.82) is 0 Å². The average Bonchev–Trinajstić information content (AvgIpc) is 3.36. The summed E-state index contributed by atoms with van der Waals surface area (Å²) < 4.78 is 19.0. The number of carbonyl (C=O) groups excluding carboxylic acids is 1. The summed E-state index contributed by atoms with van der Waals surface area (Å²) in [5.41, 5.74) is 5.53. The molecular formula is C30H32FN3O2. The van der Waals surface area contributed by atoms with Crippen LogP contribution < -0.4 is 9.64 Å². The van der Waals surface area contributed by atoms with Crippen molar-refractivity contribution in [2.45, 2.75) is 25.7 Å². The van der Waals surface area contributed by atoms with Crippen molar-refractivity contribution >= 4 is 22.5 Å². The quantitative estimate of drug-likeness (QED) is 0.363. The van der Waals surface area contributed by atoms with Gasteiger partial charge in [0.05, 0.1) is 7.11 Å². The second kappa shape index (κ2) is 10.4. The molecule has 0 aliphatic carbocycles. The van der Waals surface area contributed by atoms with Gasteiger partial charge in [0.2, 0.25) is 5.91 Å². The topological polar surface area (TPSA) is 48.6 Å². The molecule has 4 aromatic rings. The SMILES string of the molecule is CCc1cccc2c(C(CC(=O)N3CCN(c4ccc(OC)cc4)CC3)c3ccc(F)cc3)c[nH]c12. The Morgan fingerprint density at radius 2 is 1.72 bits per heavy atom. The molecular weight excluding hydrogens is 453 g/mol. The summed E-state index contributed by atoms with van der Waals surface area (Å²) in [6, 6.07) is 20.9. The van der Waals surface area contributed by atoms with E-state index in [0.717, 1.165) is 53.0 Å². The van der Waals surface area contributed by atoms with E-state index in [1.54, 1.807) is 19.2 Å². The third-order valence-electron chi connectivity index (χ3n) is 7.31. The molecule has 6 heteroatoms. The van der Waals surface area contributed by atoms with Crippen molar-refractivity contribution in [2.24, 2.45) is 0 Å². The van der Waals surface area contributed by atoms with Gasteiger partial charge in [-0.2, -0.15) is 0 Å². The van der Waals surface area contributed by atoms with Crippen molar-refractivity contribution in [2.75, 3.05) is 38.2 Å². The van der Waals surface area contributed by atoms with Gasteiger partial charge in [-0.1, -0.05) is 37.3 Å². The zero-order valence-corrected chi connectivity index (χ0v) is 20.8. The van der Waals surface area contributed by atoms with Gasteiger partial charge in [0, 0.05) is 61.3 Å². The van der Waals surface area contributed by atoms with Crippen molar-refractivity contribution in [3.05, 3.63) is 95.4 Å². The van der Waals surface area contributed by atoms with Crippen LogP contribution in [-0.2, 0) is 11.2 Å². The van der Waals surface area contributed by atoms with Gasteiger partial charge < -0.3 is 19.5 Å². The molecule has 0 saturated carbocycles. The number of anilines is 1. The number of halogens is 1. The van der Waals surface area contributed by atoms with Crippen LogP contribution in [0.1, 0.15) is 36.0 Å². The lowest BCUT2D eigenvalue weighted by atomic mass is 9.87. The second-order valence-corrected chi connectivity index (χ2v) is 9.31. The molecule has 1 fully saturated rings. The van der Waals surface area contributed by atoms with Gasteiger partial charge in [0.15, 0.2) is 0 Å². The Morgan fingerprint density at radius 1 is 1.00 bits per heavy atom. The lowest BCUT2D eigenvalue weighted by Crippen LogP contribution is -2.49. The van der Waals surface area contributed by atoms with Crippen molar-refractivity contribution in [1.82, 2.24) is 9.88 Å². The Kier molecular flexibility index (Phi) is 6.94. The lowest BCUT2D eigenvalue weighted by Gasteiger charge is -2.36. The highest BCUT2D eigenvalue weighted by Crippen LogP contribution is 2.35. The van der Waals surface area contributed by atoms with Gasteiger partial charge in [-0.3, -0.25) is 4.79 Å². The van der Waals surface area contributed by atoms with Crippen LogP contribution in [0.4, 0.5) is 10.1 Å². The first-order valence-electron chi connectivity index (χ1n) is 12.6. The molecule has 186 valence electrons. The number of H-pyrrole nitrogens is 1. The molecule has 1 aliphatic rings. The summed E-state index contributed by atoms with van der Waals surface area (Å²) in [6.45, 7) is 5.06. The first-order chi connectivity index (χ1) is 17.6. The number of rotatable bonds is 7. The number of hydrogen-bond acceptors (Lipinski definition) is 3. The molecule has 3 aromatic carbocycles. The van der Waals surface area contributed by atoms with E-state index in [0.29, 0.717) is 19.5 Å². The van der Waals surface area contributed by atoms with E-state index in [9.17, 15) is 9.18 Å². The minimum absolute atomic E-state index is 0.125. The standard InChI is InChI=1S/C30H32FN3O2/c1-3-21-5-4-6-26-28(20-32-30(21)26)27(22-7-9-23(31)10-8-22)19-29(35)34-17-15-33(16-18-34)24-11-13-25(36-2)14-12-24/h4-14,20,27,32H,3,15-19H2,1-2H3. The molecule has 2 heterocycles. The number of piperazine rings is 1. The highest BCUT2D eigenvalue weighted by Gasteiger charge is 2.27. The maximum Gasteiger partial charge on any atom is 0.223 e. The minimum atomic E-state index is -0.273. The Bertz CT molecular complexity index is 1320. The maximum absolute atomic E-state index is 13.7. The third-order valence-corrected chi connectivity index (χ3v) is 7.31. The number of benzene rings is 3. The zero-order valence-electron chi connectivity index (χ0n) is 20.8. The number of nitrogens with zero attached hydrogens (tertiary/aromatic N) is 2. The van der Waals surface area contributed by atoms with Crippen molar-refractivity contribution in [3.8, 4) is 5.75 Å². The average molecular weight is 486 g/mol. The normalized spacial score (nSPS) is 14.8. The number of carbonyl (C=O) groups is 1. The van der Waals surface area contributed by atoms with Crippen LogP contribution in [-0.4, -0.2) is 49.1 Å². The Balaban J connectivity index is 1.35. The summed E-state index contributed by atoms with van der Waals surface area (Å²) >= 11 is 0. The summed E-state index contributed by atoms with van der Waals surface area (Å²) in [7, 11) is 1.66. The molecule has 36 heavy (non-hydrogen) atoms. The van der Waals surface area contributed by atoms with Crippen LogP contribution in [0.25, 0.3) is 10.9 Å². The predicted octanol–water partition coefficient (Wildman–Crippen LogP) is 5.75. The zero-order chi connectivity index (χ0) is 25.1. The fourth-order valence-corrected chi connectivity index (χ4v) is 5.24. The molecule has 1 amide bonds. The summed E-state index contributed by atoms with van der Waals surface area (Å²) in [5, 5.41) is 1.13. The number of amides is 1. The Hall–Kier alpha value is -3.80. The monoisotopic (exact) mass is 485 g/mol. The van der Waals surface area contributed by atoms with E-state index in [1.807, 2.05) is 23.2 Å². The van der Waals surface area contributed by atoms with Crippen LogP contribution >= 0.6 is 0 Å². The Labute approximate surface area is 211 Å². The van der Waals surface area contributed by atoms with Crippen LogP contribution in [0.2, 0.25) is 0 Å². The van der Waals surface area contributed by atoms with Crippen LogP contribution in [0, 0.1) is 5.82 Å². The summed E-state index contributed by atoms with van der Waals surface area (Å²) in [6.07, 6.45) is 3.29. The van der Waals surface area contributed by atoms with Crippen LogP contribution in [0.3, 0.4) is 0 Å². The molecule has 1 N–H and O–H groups in total. The summed E-state index contributed by atoms with van der Waals surface area (Å²) in [4.78, 5) is 21.2. The molecule has 1 aromatic heterocycles. The van der Waals surface area contributed by atoms with Crippen molar-refractivity contribution < 1.29 is 13.9 Å². The number of ether oxygens (including phenoxy) is 1. The van der Waals surface area contributed by atoms with Gasteiger partial charge >= 0.3 is 0 Å².